The fourth-order valence-electron chi connectivity index (χ4n) is 1.72. The number of nitrogens with zero attached hydrogens (tertiary/aromatic N) is 2. The second-order valence-corrected chi connectivity index (χ2v) is 4.91. The molecular weight excluding hydrogens is 275 g/mol. The van der Waals surface area contributed by atoms with E-state index in [2.05, 4.69) is 20.6 Å². The van der Waals surface area contributed by atoms with E-state index in [0.717, 1.165) is 23.7 Å². The summed E-state index contributed by atoms with van der Waals surface area (Å²) in [5.74, 6) is 1.28. The zero-order valence-corrected chi connectivity index (χ0v) is 12.3. The van der Waals surface area contributed by atoms with E-state index in [1.54, 1.807) is 6.07 Å². The summed E-state index contributed by atoms with van der Waals surface area (Å²) in [4.78, 5) is 8.73. The van der Waals surface area contributed by atoms with Gasteiger partial charge in [0.1, 0.15) is 17.5 Å². The van der Waals surface area contributed by atoms with Crippen LogP contribution in [0.2, 0.25) is 0 Å². The van der Waals surface area contributed by atoms with Crippen LogP contribution in [0.5, 0.6) is 0 Å². The van der Waals surface area contributed by atoms with Crippen molar-refractivity contribution in [3.8, 4) is 0 Å². The van der Waals surface area contributed by atoms with Gasteiger partial charge < -0.3 is 10.6 Å². The number of halogens is 1. The number of rotatable bonds is 6. The van der Waals surface area contributed by atoms with Crippen molar-refractivity contribution in [1.29, 1.82) is 0 Å². The van der Waals surface area contributed by atoms with Crippen molar-refractivity contribution in [3.63, 3.8) is 0 Å². The molecule has 2 aromatic rings. The molecule has 0 atom stereocenters. The molecule has 6 heteroatoms. The van der Waals surface area contributed by atoms with Gasteiger partial charge in [0, 0.05) is 19.2 Å². The zero-order chi connectivity index (χ0) is 14.4. The molecule has 0 aliphatic heterocycles. The Labute approximate surface area is 122 Å². The van der Waals surface area contributed by atoms with Crippen LogP contribution in [0.25, 0.3) is 0 Å². The van der Waals surface area contributed by atoms with Gasteiger partial charge in [-0.25, -0.2) is 14.4 Å². The first-order valence-corrected chi connectivity index (χ1v) is 7.59. The highest BCUT2D eigenvalue weighted by Crippen LogP contribution is 2.18. The Hall–Kier alpha value is -1.82. The van der Waals surface area contributed by atoms with E-state index in [4.69, 9.17) is 0 Å². The van der Waals surface area contributed by atoms with Crippen molar-refractivity contribution in [1.82, 2.24) is 9.97 Å². The van der Waals surface area contributed by atoms with E-state index < -0.39 is 0 Å². The molecule has 0 aliphatic carbocycles. The third-order valence-corrected chi connectivity index (χ3v) is 3.16. The number of hydrogen-bond donors (Lipinski definition) is 2. The standard InChI is InChI=1S/C14H17FN4S/c1-3-16-12-8-13(19-14(18-12)20-2)17-9-10-5-4-6-11(15)7-10/h4-8H,3,9H2,1-2H3,(H2,16,17,18,19). The van der Waals surface area contributed by atoms with Gasteiger partial charge in [0.25, 0.3) is 0 Å². The lowest BCUT2D eigenvalue weighted by Gasteiger charge is -2.10. The van der Waals surface area contributed by atoms with Crippen LogP contribution >= 0.6 is 11.8 Å². The average molecular weight is 292 g/mol. The Morgan fingerprint density at radius 3 is 2.55 bits per heavy atom. The minimum atomic E-state index is -0.231. The third kappa shape index (κ3) is 4.09. The molecule has 1 heterocycles. The van der Waals surface area contributed by atoms with Crippen LogP contribution in [-0.2, 0) is 6.54 Å². The predicted molar refractivity (Wildman–Crippen MR) is 81.7 cm³/mol. The largest absolute Gasteiger partial charge is 0.370 e. The summed E-state index contributed by atoms with van der Waals surface area (Å²) in [6, 6.07) is 8.36. The van der Waals surface area contributed by atoms with Crippen LogP contribution in [-0.4, -0.2) is 22.8 Å². The number of hydrogen-bond acceptors (Lipinski definition) is 5. The lowest BCUT2D eigenvalue weighted by atomic mass is 10.2. The van der Waals surface area contributed by atoms with Gasteiger partial charge in [-0.15, -0.1) is 0 Å². The molecule has 1 aromatic heterocycles. The Morgan fingerprint density at radius 2 is 1.90 bits per heavy atom. The van der Waals surface area contributed by atoms with E-state index >= 15 is 0 Å². The Morgan fingerprint density at radius 1 is 1.15 bits per heavy atom. The first kappa shape index (κ1) is 14.6. The maximum atomic E-state index is 13.1. The zero-order valence-electron chi connectivity index (χ0n) is 11.5. The Bertz CT molecular complexity index is 577. The monoisotopic (exact) mass is 292 g/mol. The van der Waals surface area contributed by atoms with Gasteiger partial charge in [-0.1, -0.05) is 23.9 Å². The van der Waals surface area contributed by atoms with Gasteiger partial charge in [0.15, 0.2) is 5.16 Å². The highest BCUT2D eigenvalue weighted by Gasteiger charge is 2.04. The van der Waals surface area contributed by atoms with Crippen molar-refractivity contribution in [2.45, 2.75) is 18.6 Å². The molecule has 0 bridgehead atoms. The van der Waals surface area contributed by atoms with Gasteiger partial charge in [-0.2, -0.15) is 0 Å². The number of aromatic nitrogens is 2. The highest BCUT2D eigenvalue weighted by atomic mass is 32.2. The molecule has 0 saturated heterocycles. The SMILES string of the molecule is CCNc1cc(NCc2cccc(F)c2)nc(SC)n1. The van der Waals surface area contributed by atoms with Crippen molar-refractivity contribution < 1.29 is 4.39 Å². The summed E-state index contributed by atoms with van der Waals surface area (Å²) >= 11 is 1.48. The molecule has 1 aromatic carbocycles. The quantitative estimate of drug-likeness (QED) is 0.631. The minimum Gasteiger partial charge on any atom is -0.370 e. The Balaban J connectivity index is 2.10. The summed E-state index contributed by atoms with van der Waals surface area (Å²) in [6.07, 6.45) is 1.93. The van der Waals surface area contributed by atoms with Crippen LogP contribution < -0.4 is 10.6 Å². The van der Waals surface area contributed by atoms with Crippen LogP contribution in [0.1, 0.15) is 12.5 Å². The van der Waals surface area contributed by atoms with Gasteiger partial charge in [0.05, 0.1) is 0 Å². The van der Waals surface area contributed by atoms with E-state index in [0.29, 0.717) is 11.7 Å². The number of thioether (sulfide) groups is 1. The van der Waals surface area contributed by atoms with E-state index in [-0.39, 0.29) is 5.82 Å². The first-order chi connectivity index (χ1) is 9.71. The minimum absolute atomic E-state index is 0.231. The molecule has 0 aliphatic rings. The molecule has 0 amide bonds. The normalized spacial score (nSPS) is 10.3. The third-order valence-electron chi connectivity index (χ3n) is 2.61. The Kier molecular flexibility index (Phi) is 5.17. The summed E-state index contributed by atoms with van der Waals surface area (Å²) in [5.41, 5.74) is 0.874. The maximum absolute atomic E-state index is 13.1. The summed E-state index contributed by atoms with van der Waals surface area (Å²) < 4.78 is 13.1. The molecule has 0 radical (unpaired) electrons. The molecule has 0 unspecified atom stereocenters. The number of benzene rings is 1. The van der Waals surface area contributed by atoms with Gasteiger partial charge in [0.2, 0.25) is 0 Å². The van der Waals surface area contributed by atoms with Crippen LogP contribution in [0.15, 0.2) is 35.5 Å². The fourth-order valence-corrected chi connectivity index (χ4v) is 2.10. The molecule has 0 saturated carbocycles. The van der Waals surface area contributed by atoms with Crippen molar-refractivity contribution in [3.05, 3.63) is 41.7 Å². The number of anilines is 2. The molecule has 0 spiro atoms. The van der Waals surface area contributed by atoms with Gasteiger partial charge >= 0.3 is 0 Å². The topological polar surface area (TPSA) is 49.8 Å². The highest BCUT2D eigenvalue weighted by molar-refractivity contribution is 7.98. The maximum Gasteiger partial charge on any atom is 0.191 e. The molecule has 2 rings (SSSR count). The van der Waals surface area contributed by atoms with E-state index in [1.165, 1.54) is 23.9 Å². The molecular formula is C14H17FN4S. The van der Waals surface area contributed by atoms with E-state index in [1.807, 2.05) is 25.3 Å². The lowest BCUT2D eigenvalue weighted by molar-refractivity contribution is 0.626. The predicted octanol–water partition coefficient (Wildman–Crippen LogP) is 3.38. The number of nitrogens with one attached hydrogen (secondary N) is 2. The molecule has 0 fully saturated rings. The summed E-state index contributed by atoms with van der Waals surface area (Å²) in [5, 5.41) is 7.06. The van der Waals surface area contributed by atoms with Crippen molar-refractivity contribution in [2.24, 2.45) is 0 Å². The molecule has 20 heavy (non-hydrogen) atoms. The van der Waals surface area contributed by atoms with Crippen molar-refractivity contribution in [2.75, 3.05) is 23.4 Å². The van der Waals surface area contributed by atoms with Crippen LogP contribution in [0.3, 0.4) is 0 Å². The smallest absolute Gasteiger partial charge is 0.191 e. The molecule has 106 valence electrons. The fraction of sp³-hybridized carbons (Fsp3) is 0.286. The van der Waals surface area contributed by atoms with Crippen LogP contribution in [0, 0.1) is 5.82 Å². The van der Waals surface area contributed by atoms with Crippen molar-refractivity contribution >= 4 is 23.4 Å². The second kappa shape index (κ2) is 7.09. The molecule has 4 nitrogen and oxygen atoms in total. The molecule has 2 N–H and O–H groups in total. The van der Waals surface area contributed by atoms with Gasteiger partial charge in [-0.3, -0.25) is 0 Å². The van der Waals surface area contributed by atoms with Gasteiger partial charge in [-0.05, 0) is 30.9 Å². The van der Waals surface area contributed by atoms with E-state index in [9.17, 15) is 4.39 Å². The average Bonchev–Trinajstić information content (AvgIpc) is 2.45. The van der Waals surface area contributed by atoms with Crippen LogP contribution in [0.4, 0.5) is 16.0 Å². The second-order valence-electron chi connectivity index (χ2n) is 4.14. The lowest BCUT2D eigenvalue weighted by Crippen LogP contribution is -2.06. The first-order valence-electron chi connectivity index (χ1n) is 6.36. The summed E-state index contributed by atoms with van der Waals surface area (Å²) in [7, 11) is 0. The summed E-state index contributed by atoms with van der Waals surface area (Å²) in [6.45, 7) is 3.34.